The van der Waals surface area contributed by atoms with Gasteiger partial charge in [-0.15, -0.1) is 0 Å². The summed E-state index contributed by atoms with van der Waals surface area (Å²) in [5.41, 5.74) is 3.34. The summed E-state index contributed by atoms with van der Waals surface area (Å²) in [6.07, 6.45) is 1.78. The number of rotatable bonds is 3. The normalized spacial score (nSPS) is 16.8. The Hall–Kier alpha value is -3.84. The predicted octanol–water partition coefficient (Wildman–Crippen LogP) is 4.93. The summed E-state index contributed by atoms with van der Waals surface area (Å²) in [4.78, 5) is 34.1. The van der Waals surface area contributed by atoms with Crippen molar-refractivity contribution in [2.24, 2.45) is 4.99 Å². The largest absolute Gasteiger partial charge is 0.417 e. The van der Waals surface area contributed by atoms with E-state index in [1.54, 1.807) is 23.1 Å². The number of amidine groups is 1. The zero-order valence-corrected chi connectivity index (χ0v) is 16.4. The van der Waals surface area contributed by atoms with Crippen molar-refractivity contribution in [1.29, 1.82) is 0 Å². The highest BCUT2D eigenvalue weighted by Crippen LogP contribution is 2.37. The molecule has 0 radical (unpaired) electrons. The van der Waals surface area contributed by atoms with Gasteiger partial charge in [0.25, 0.3) is 5.91 Å². The summed E-state index contributed by atoms with van der Waals surface area (Å²) in [6, 6.07) is 24.3. The topological polar surface area (TPSA) is 78.7 Å². The number of nitrogens with zero attached hydrogens (tertiary/aromatic N) is 2. The molecule has 1 aliphatic rings. The van der Waals surface area contributed by atoms with Crippen molar-refractivity contribution < 1.29 is 9.21 Å². The maximum absolute atomic E-state index is 13.3. The molecule has 6 nitrogen and oxygen atoms in total. The van der Waals surface area contributed by atoms with Crippen LogP contribution >= 0.6 is 11.8 Å². The van der Waals surface area contributed by atoms with Crippen LogP contribution in [0, 0.1) is 0 Å². The third-order valence-corrected chi connectivity index (χ3v) is 5.51. The van der Waals surface area contributed by atoms with Crippen LogP contribution in [0.5, 0.6) is 0 Å². The van der Waals surface area contributed by atoms with Crippen LogP contribution in [0.4, 0.5) is 11.4 Å². The summed E-state index contributed by atoms with van der Waals surface area (Å²) in [6.45, 7) is 0. The minimum absolute atomic E-state index is 0.156. The summed E-state index contributed by atoms with van der Waals surface area (Å²) in [5.74, 6) is -0.662. The van der Waals surface area contributed by atoms with Crippen LogP contribution in [0.1, 0.15) is 5.56 Å². The predicted molar refractivity (Wildman–Crippen MR) is 120 cm³/mol. The molecule has 7 heteroatoms. The molecular formula is C23H15N3O3S. The first-order chi connectivity index (χ1) is 14.7. The maximum Gasteiger partial charge on any atom is 0.417 e. The monoisotopic (exact) mass is 413 g/mol. The maximum atomic E-state index is 13.3. The lowest BCUT2D eigenvalue weighted by molar-refractivity contribution is -0.113. The van der Waals surface area contributed by atoms with Gasteiger partial charge in [-0.1, -0.05) is 42.5 Å². The van der Waals surface area contributed by atoms with E-state index in [1.807, 2.05) is 66.7 Å². The van der Waals surface area contributed by atoms with E-state index < -0.39 is 5.76 Å². The lowest BCUT2D eigenvalue weighted by Gasteiger charge is -2.15. The second-order valence-corrected chi connectivity index (χ2v) is 7.60. The van der Waals surface area contributed by atoms with Crippen molar-refractivity contribution >= 4 is 51.4 Å². The number of hydrogen-bond donors (Lipinski definition) is 1. The average Bonchev–Trinajstić information content (AvgIpc) is 3.27. The van der Waals surface area contributed by atoms with Crippen molar-refractivity contribution in [1.82, 2.24) is 4.98 Å². The van der Waals surface area contributed by atoms with Gasteiger partial charge < -0.3 is 4.42 Å². The second kappa shape index (κ2) is 7.53. The molecule has 1 saturated heterocycles. The van der Waals surface area contributed by atoms with Gasteiger partial charge in [-0.3, -0.25) is 14.7 Å². The number of H-pyrrole nitrogens is 1. The molecule has 0 spiro atoms. The molecule has 1 fully saturated rings. The molecule has 1 amide bonds. The highest BCUT2D eigenvalue weighted by Gasteiger charge is 2.34. The SMILES string of the molecule is O=C1/C(=C/c2ccc3[nH]c(=O)oc3c2)S/C(=N\c2ccccc2)N1c1ccccc1. The summed E-state index contributed by atoms with van der Waals surface area (Å²) < 4.78 is 5.12. The van der Waals surface area contributed by atoms with Gasteiger partial charge >= 0.3 is 5.76 Å². The number of fused-ring (bicyclic) bond motifs is 1. The fraction of sp³-hybridized carbons (Fsp3) is 0. The lowest BCUT2D eigenvalue weighted by atomic mass is 10.2. The standard InChI is InChI=1S/C23H15N3O3S/c27-21-20(14-15-11-12-18-19(13-15)29-23(28)25-18)30-22(24-16-7-3-1-4-8-16)26(21)17-9-5-2-6-10-17/h1-14H,(H,25,28)/b20-14-,24-22-. The van der Waals surface area contributed by atoms with Gasteiger partial charge in [0, 0.05) is 0 Å². The zero-order chi connectivity index (χ0) is 20.5. The Morgan fingerprint density at radius 3 is 2.43 bits per heavy atom. The van der Waals surface area contributed by atoms with Crippen LogP contribution in [0.25, 0.3) is 17.2 Å². The minimum Gasteiger partial charge on any atom is -0.408 e. The van der Waals surface area contributed by atoms with Crippen LogP contribution in [0.2, 0.25) is 0 Å². The smallest absolute Gasteiger partial charge is 0.408 e. The van der Waals surface area contributed by atoms with Crippen molar-refractivity contribution in [3.05, 3.63) is 99.9 Å². The molecule has 0 saturated carbocycles. The molecule has 0 atom stereocenters. The molecule has 4 aromatic rings. The molecule has 1 N–H and O–H groups in total. The number of oxazole rings is 1. The number of aromatic nitrogens is 1. The Morgan fingerprint density at radius 2 is 1.67 bits per heavy atom. The molecule has 3 aromatic carbocycles. The lowest BCUT2D eigenvalue weighted by Crippen LogP contribution is -2.28. The third kappa shape index (κ3) is 3.46. The fourth-order valence-electron chi connectivity index (χ4n) is 3.17. The number of carbonyl (C=O) groups is 1. The molecule has 0 aliphatic carbocycles. The first-order valence-electron chi connectivity index (χ1n) is 9.23. The van der Waals surface area contributed by atoms with E-state index >= 15 is 0 Å². The quantitative estimate of drug-likeness (QED) is 0.483. The number of anilines is 1. The third-order valence-electron chi connectivity index (χ3n) is 4.54. The number of benzene rings is 3. The zero-order valence-electron chi connectivity index (χ0n) is 15.6. The Kier molecular flexibility index (Phi) is 4.57. The van der Waals surface area contributed by atoms with Crippen molar-refractivity contribution in [3.8, 4) is 0 Å². The first kappa shape index (κ1) is 18.2. The Labute approximate surface area is 175 Å². The van der Waals surface area contributed by atoms with Crippen LogP contribution in [0.15, 0.2) is 98.0 Å². The van der Waals surface area contributed by atoms with Crippen molar-refractivity contribution in [3.63, 3.8) is 0 Å². The van der Waals surface area contributed by atoms with E-state index in [0.717, 1.165) is 16.9 Å². The fourth-order valence-corrected chi connectivity index (χ4v) is 4.17. The molecule has 146 valence electrons. The molecule has 1 aliphatic heterocycles. The Balaban J connectivity index is 1.57. The van der Waals surface area contributed by atoms with E-state index in [4.69, 9.17) is 9.41 Å². The van der Waals surface area contributed by atoms with Crippen LogP contribution in [-0.4, -0.2) is 16.1 Å². The highest BCUT2D eigenvalue weighted by atomic mass is 32.2. The van der Waals surface area contributed by atoms with E-state index in [2.05, 4.69) is 4.98 Å². The number of amides is 1. The van der Waals surface area contributed by atoms with E-state index in [-0.39, 0.29) is 5.91 Å². The van der Waals surface area contributed by atoms with Crippen LogP contribution in [0.3, 0.4) is 0 Å². The number of aliphatic imine (C=N–C) groups is 1. The van der Waals surface area contributed by atoms with Crippen molar-refractivity contribution in [2.75, 3.05) is 4.90 Å². The summed E-state index contributed by atoms with van der Waals surface area (Å²) in [7, 11) is 0. The number of thioether (sulfide) groups is 1. The molecular weight excluding hydrogens is 398 g/mol. The molecule has 0 unspecified atom stereocenters. The average molecular weight is 413 g/mol. The molecule has 2 heterocycles. The molecule has 0 bridgehead atoms. The van der Waals surface area contributed by atoms with Crippen molar-refractivity contribution in [2.45, 2.75) is 0 Å². The van der Waals surface area contributed by atoms with Crippen LogP contribution in [-0.2, 0) is 4.79 Å². The van der Waals surface area contributed by atoms with Gasteiger partial charge in [0.15, 0.2) is 10.8 Å². The molecule has 30 heavy (non-hydrogen) atoms. The highest BCUT2D eigenvalue weighted by molar-refractivity contribution is 8.19. The number of carbonyl (C=O) groups excluding carboxylic acids is 1. The van der Waals surface area contributed by atoms with E-state index in [9.17, 15) is 9.59 Å². The second-order valence-electron chi connectivity index (χ2n) is 6.59. The molecule has 1 aromatic heterocycles. The first-order valence-corrected chi connectivity index (χ1v) is 10.0. The van der Waals surface area contributed by atoms with Gasteiger partial charge in [-0.25, -0.2) is 9.79 Å². The summed E-state index contributed by atoms with van der Waals surface area (Å²) in [5, 5.41) is 0.581. The number of nitrogens with one attached hydrogen (secondary N) is 1. The Bertz CT molecular complexity index is 1350. The van der Waals surface area contributed by atoms with E-state index in [1.165, 1.54) is 11.8 Å². The number of hydrogen-bond acceptors (Lipinski definition) is 5. The van der Waals surface area contributed by atoms with Gasteiger partial charge in [0.05, 0.1) is 21.8 Å². The molecule has 5 rings (SSSR count). The number of para-hydroxylation sites is 2. The van der Waals surface area contributed by atoms with Gasteiger partial charge in [0.1, 0.15) is 0 Å². The van der Waals surface area contributed by atoms with Crippen LogP contribution < -0.4 is 10.7 Å². The van der Waals surface area contributed by atoms with Gasteiger partial charge in [0.2, 0.25) is 0 Å². The number of aromatic amines is 1. The summed E-state index contributed by atoms with van der Waals surface area (Å²) >= 11 is 1.31. The Morgan fingerprint density at radius 1 is 0.933 bits per heavy atom. The van der Waals surface area contributed by atoms with Gasteiger partial charge in [-0.2, -0.15) is 0 Å². The van der Waals surface area contributed by atoms with E-state index in [0.29, 0.717) is 21.2 Å². The van der Waals surface area contributed by atoms with Gasteiger partial charge in [-0.05, 0) is 59.8 Å². The minimum atomic E-state index is -0.506.